The number of benzene rings is 1. The fraction of sp³-hybridized carbons (Fsp3) is 0.353. The number of aryl methyl sites for hydroxylation is 1. The van der Waals surface area contributed by atoms with E-state index in [1.54, 1.807) is 6.07 Å². The van der Waals surface area contributed by atoms with Crippen LogP contribution < -0.4 is 10.6 Å². The second kappa shape index (κ2) is 5.28. The molecule has 1 aliphatic heterocycles. The molecule has 0 unspecified atom stereocenters. The third-order valence-electron chi connectivity index (χ3n) is 4.00. The van der Waals surface area contributed by atoms with E-state index < -0.39 is 0 Å². The number of hydrogen-bond acceptors (Lipinski definition) is 2. The Balaban J connectivity index is 2.01. The highest BCUT2D eigenvalue weighted by molar-refractivity contribution is 6.06. The lowest BCUT2D eigenvalue weighted by Gasteiger charge is -2.30. The first-order valence-corrected chi connectivity index (χ1v) is 7.45. The number of carbonyl (C=O) groups is 1. The summed E-state index contributed by atoms with van der Waals surface area (Å²) < 4.78 is 1.95. The first-order valence-electron chi connectivity index (χ1n) is 7.45. The highest BCUT2D eigenvalue weighted by atomic mass is 16.2. The molecule has 2 heterocycles. The van der Waals surface area contributed by atoms with Crippen molar-refractivity contribution in [2.24, 2.45) is 0 Å². The molecule has 110 valence electrons. The third kappa shape index (κ3) is 2.42. The van der Waals surface area contributed by atoms with Crippen molar-refractivity contribution in [3.05, 3.63) is 47.8 Å². The molecule has 0 bridgehead atoms. The number of nitrogen functional groups attached to an aromatic ring is 1. The van der Waals surface area contributed by atoms with E-state index in [0.717, 1.165) is 25.1 Å². The second-order valence-corrected chi connectivity index (χ2v) is 5.85. The van der Waals surface area contributed by atoms with Crippen molar-refractivity contribution >= 4 is 17.3 Å². The van der Waals surface area contributed by atoms with Gasteiger partial charge in [0.1, 0.15) is 5.69 Å². The number of nitrogens with zero attached hydrogens (tertiary/aromatic N) is 2. The van der Waals surface area contributed by atoms with Crippen molar-refractivity contribution in [1.29, 1.82) is 0 Å². The number of nitrogens with two attached hydrogens (primary N) is 1. The predicted octanol–water partition coefficient (Wildman–Crippen LogP) is 3.24. The molecular formula is C17H21N3O. The summed E-state index contributed by atoms with van der Waals surface area (Å²) in [4.78, 5) is 14.8. The Bertz CT molecular complexity index is 672. The van der Waals surface area contributed by atoms with Crippen LogP contribution in [0.25, 0.3) is 0 Å². The average molecular weight is 283 g/mol. The molecule has 2 N–H and O–H groups in total. The minimum Gasteiger partial charge on any atom is -0.397 e. The molecule has 0 fully saturated rings. The molecule has 4 nitrogen and oxygen atoms in total. The number of carbonyl (C=O) groups excluding carboxylic acids is 1. The van der Waals surface area contributed by atoms with E-state index in [-0.39, 0.29) is 11.9 Å². The Morgan fingerprint density at radius 2 is 2.05 bits per heavy atom. The Kier molecular flexibility index (Phi) is 3.45. The standard InChI is InChI=1S/C17H21N3O/c1-12(2)20-11-14(18)10-16(20)17(21)19-9-5-7-13-6-3-4-8-15(13)19/h3-4,6,8,10-12H,5,7,9,18H2,1-2H3. The van der Waals surface area contributed by atoms with Gasteiger partial charge in [0.15, 0.2) is 0 Å². The maximum atomic E-state index is 13.0. The number of fused-ring (bicyclic) bond motifs is 1. The van der Waals surface area contributed by atoms with Gasteiger partial charge in [-0.05, 0) is 44.4 Å². The van der Waals surface area contributed by atoms with Crippen LogP contribution in [-0.2, 0) is 6.42 Å². The van der Waals surface area contributed by atoms with E-state index in [9.17, 15) is 4.79 Å². The minimum absolute atomic E-state index is 0.0348. The number of hydrogen-bond donors (Lipinski definition) is 1. The molecule has 0 saturated heterocycles. The van der Waals surface area contributed by atoms with Gasteiger partial charge >= 0.3 is 0 Å². The van der Waals surface area contributed by atoms with Crippen LogP contribution >= 0.6 is 0 Å². The van der Waals surface area contributed by atoms with E-state index in [1.807, 2.05) is 33.9 Å². The molecular weight excluding hydrogens is 262 g/mol. The van der Waals surface area contributed by atoms with Crippen molar-refractivity contribution in [3.63, 3.8) is 0 Å². The lowest BCUT2D eigenvalue weighted by molar-refractivity contribution is 0.0974. The molecule has 3 rings (SSSR count). The number of rotatable bonds is 2. The lowest BCUT2D eigenvalue weighted by atomic mass is 10.0. The fourth-order valence-corrected chi connectivity index (χ4v) is 2.98. The summed E-state index contributed by atoms with van der Waals surface area (Å²) in [6.07, 6.45) is 3.88. The number of para-hydroxylation sites is 1. The largest absolute Gasteiger partial charge is 0.397 e. The van der Waals surface area contributed by atoms with Crippen LogP contribution in [0.1, 0.15) is 42.4 Å². The molecule has 1 aromatic carbocycles. The van der Waals surface area contributed by atoms with E-state index in [4.69, 9.17) is 5.73 Å². The number of aromatic nitrogens is 1. The maximum Gasteiger partial charge on any atom is 0.274 e. The van der Waals surface area contributed by atoms with Crippen LogP contribution in [-0.4, -0.2) is 17.0 Å². The molecule has 1 amide bonds. The zero-order valence-corrected chi connectivity index (χ0v) is 12.5. The van der Waals surface area contributed by atoms with Crippen molar-refractivity contribution in [2.75, 3.05) is 17.2 Å². The van der Waals surface area contributed by atoms with Crippen LogP contribution in [0.2, 0.25) is 0 Å². The van der Waals surface area contributed by atoms with Gasteiger partial charge in [-0.1, -0.05) is 18.2 Å². The van der Waals surface area contributed by atoms with Crippen LogP contribution in [0.5, 0.6) is 0 Å². The molecule has 21 heavy (non-hydrogen) atoms. The van der Waals surface area contributed by atoms with Gasteiger partial charge in [0, 0.05) is 24.5 Å². The summed E-state index contributed by atoms with van der Waals surface area (Å²) in [5.41, 5.74) is 9.46. The Morgan fingerprint density at radius 3 is 2.81 bits per heavy atom. The summed E-state index contributed by atoms with van der Waals surface area (Å²) in [5, 5.41) is 0. The Labute approximate surface area is 125 Å². The summed E-state index contributed by atoms with van der Waals surface area (Å²) in [6, 6.07) is 10.1. The van der Waals surface area contributed by atoms with Crippen LogP contribution in [0.3, 0.4) is 0 Å². The SMILES string of the molecule is CC(C)n1cc(N)cc1C(=O)N1CCCc2ccccc21. The fourth-order valence-electron chi connectivity index (χ4n) is 2.98. The Hall–Kier alpha value is -2.23. The van der Waals surface area contributed by atoms with Crippen LogP contribution in [0, 0.1) is 0 Å². The van der Waals surface area contributed by atoms with Crippen molar-refractivity contribution in [1.82, 2.24) is 4.57 Å². The summed E-state index contributed by atoms with van der Waals surface area (Å²) in [7, 11) is 0. The van der Waals surface area contributed by atoms with Gasteiger partial charge in [-0.15, -0.1) is 0 Å². The molecule has 1 aliphatic rings. The molecule has 2 aromatic rings. The van der Waals surface area contributed by atoms with Gasteiger partial charge in [0.25, 0.3) is 5.91 Å². The van der Waals surface area contributed by atoms with Crippen molar-refractivity contribution < 1.29 is 4.79 Å². The first-order chi connectivity index (χ1) is 10.1. The molecule has 0 saturated carbocycles. The molecule has 4 heteroatoms. The van der Waals surface area contributed by atoms with Gasteiger partial charge in [-0.25, -0.2) is 0 Å². The first kappa shape index (κ1) is 13.7. The van der Waals surface area contributed by atoms with Crippen molar-refractivity contribution in [2.45, 2.75) is 32.7 Å². The topological polar surface area (TPSA) is 51.3 Å². The maximum absolute atomic E-state index is 13.0. The molecule has 1 aromatic heterocycles. The van der Waals surface area contributed by atoms with Crippen molar-refractivity contribution in [3.8, 4) is 0 Å². The lowest BCUT2D eigenvalue weighted by Crippen LogP contribution is -2.36. The molecule has 0 atom stereocenters. The average Bonchev–Trinajstić information content (AvgIpc) is 2.88. The third-order valence-corrected chi connectivity index (χ3v) is 4.00. The normalized spacial score (nSPS) is 14.3. The molecule has 0 aliphatic carbocycles. The number of anilines is 2. The van der Waals surface area contributed by atoms with E-state index in [2.05, 4.69) is 19.9 Å². The predicted molar refractivity (Wildman–Crippen MR) is 85.7 cm³/mol. The zero-order valence-electron chi connectivity index (χ0n) is 12.5. The van der Waals surface area contributed by atoms with Crippen LogP contribution in [0.4, 0.5) is 11.4 Å². The zero-order chi connectivity index (χ0) is 15.0. The van der Waals surface area contributed by atoms with Gasteiger partial charge in [0.05, 0.1) is 5.69 Å². The monoisotopic (exact) mass is 283 g/mol. The smallest absolute Gasteiger partial charge is 0.274 e. The second-order valence-electron chi connectivity index (χ2n) is 5.85. The van der Waals surface area contributed by atoms with Gasteiger partial charge in [0.2, 0.25) is 0 Å². The summed E-state index contributed by atoms with van der Waals surface area (Å²) in [5.74, 6) is 0.0348. The summed E-state index contributed by atoms with van der Waals surface area (Å²) >= 11 is 0. The highest BCUT2D eigenvalue weighted by Crippen LogP contribution is 2.29. The quantitative estimate of drug-likeness (QED) is 0.919. The minimum atomic E-state index is 0.0348. The number of amides is 1. The van der Waals surface area contributed by atoms with Gasteiger partial charge in [-0.2, -0.15) is 0 Å². The summed E-state index contributed by atoms with van der Waals surface area (Å²) in [6.45, 7) is 4.87. The van der Waals surface area contributed by atoms with Gasteiger partial charge in [-0.3, -0.25) is 4.79 Å². The van der Waals surface area contributed by atoms with Crippen LogP contribution in [0.15, 0.2) is 36.5 Å². The highest BCUT2D eigenvalue weighted by Gasteiger charge is 2.26. The van der Waals surface area contributed by atoms with E-state index in [1.165, 1.54) is 5.56 Å². The van der Waals surface area contributed by atoms with E-state index >= 15 is 0 Å². The Morgan fingerprint density at radius 1 is 1.29 bits per heavy atom. The van der Waals surface area contributed by atoms with Gasteiger partial charge < -0.3 is 15.2 Å². The molecule has 0 radical (unpaired) electrons. The van der Waals surface area contributed by atoms with E-state index in [0.29, 0.717) is 11.4 Å². The molecule has 0 spiro atoms.